The highest BCUT2D eigenvalue weighted by atomic mass is 16.5. The molecule has 24 heavy (non-hydrogen) atoms. The Kier molecular flexibility index (Phi) is 1.97. The maximum atomic E-state index is 12.7. The Balaban J connectivity index is 1.80. The minimum absolute atomic E-state index is 0.0413. The van der Waals surface area contributed by atoms with Gasteiger partial charge in [-0.15, -0.1) is 0 Å². The van der Waals surface area contributed by atoms with Crippen molar-refractivity contribution in [1.29, 1.82) is 0 Å². The fraction of sp³-hybridized carbons (Fsp3) is 0.733. The van der Waals surface area contributed by atoms with Crippen molar-refractivity contribution in [2.75, 3.05) is 13.2 Å². The Bertz CT molecular complexity index is 969. The normalized spacial score (nSPS) is 46.6. The zero-order valence-corrected chi connectivity index (χ0v) is 13.2. The van der Waals surface area contributed by atoms with E-state index in [0.29, 0.717) is 13.2 Å². The second-order valence-corrected chi connectivity index (χ2v) is 7.69. The smallest absolute Gasteiger partial charge is 0.347 e. The molecule has 1 aromatic rings. The number of nitrogens with zero attached hydrogens (tertiary/aromatic N) is 5. The number of hydroxylamine groups is 1. The average Bonchev–Trinajstić information content (AvgIpc) is 3.26. The van der Waals surface area contributed by atoms with Crippen LogP contribution in [0.15, 0.2) is 14.6 Å². The van der Waals surface area contributed by atoms with Crippen molar-refractivity contribution in [2.45, 2.75) is 37.0 Å². The molecule has 0 radical (unpaired) electrons. The molecule has 1 aromatic heterocycles. The van der Waals surface area contributed by atoms with Crippen molar-refractivity contribution in [3.05, 3.63) is 26.2 Å². The van der Waals surface area contributed by atoms with E-state index in [1.165, 1.54) is 16.4 Å². The van der Waals surface area contributed by atoms with Gasteiger partial charge in [0.25, 0.3) is 0 Å². The second kappa shape index (κ2) is 3.58. The molecule has 9 nitrogen and oxygen atoms in total. The number of aliphatic imine (C=N–C) groups is 1. The van der Waals surface area contributed by atoms with E-state index in [1.54, 1.807) is 6.21 Å². The molecule has 9 heteroatoms. The second-order valence-electron chi connectivity index (χ2n) is 7.69. The van der Waals surface area contributed by atoms with Crippen LogP contribution in [0.2, 0.25) is 0 Å². The molecule has 0 aromatic carbocycles. The topological polar surface area (TPSA) is 96.6 Å². The molecule has 4 aliphatic heterocycles. The maximum absolute atomic E-state index is 12.7. The summed E-state index contributed by atoms with van der Waals surface area (Å²) in [4.78, 5) is 30.2. The molecule has 5 aliphatic rings. The number of ether oxygens (including phenoxy) is 1. The van der Waals surface area contributed by atoms with E-state index in [0.717, 1.165) is 22.1 Å². The van der Waals surface area contributed by atoms with Gasteiger partial charge in [-0.1, -0.05) is 0 Å². The summed E-state index contributed by atoms with van der Waals surface area (Å²) in [6.45, 7) is 0.913. The Morgan fingerprint density at radius 2 is 1.92 bits per heavy atom. The van der Waals surface area contributed by atoms with Crippen molar-refractivity contribution in [3.63, 3.8) is 0 Å². The predicted molar refractivity (Wildman–Crippen MR) is 82.7 cm³/mol. The quantitative estimate of drug-likeness (QED) is 0.434. The SMILES string of the molecule is Cn1c(=O)n2n(c1=O)[C@@H]1C=N[C@@H]3CC[C@@H]4[N+]([O-])=C[C@H]2C42COCC312. The van der Waals surface area contributed by atoms with Gasteiger partial charge in [-0.2, -0.15) is 0 Å². The molecule has 2 unspecified atom stereocenters. The minimum atomic E-state index is -0.490. The monoisotopic (exact) mass is 331 g/mol. The molecule has 1 saturated heterocycles. The van der Waals surface area contributed by atoms with Crippen LogP contribution in [0.5, 0.6) is 0 Å². The van der Waals surface area contributed by atoms with E-state index in [-0.39, 0.29) is 29.5 Å². The molecule has 0 bridgehead atoms. The van der Waals surface area contributed by atoms with Gasteiger partial charge in [-0.3, -0.25) is 4.99 Å². The molecule has 126 valence electrons. The first-order valence-electron chi connectivity index (χ1n) is 8.35. The Morgan fingerprint density at radius 1 is 1.21 bits per heavy atom. The molecule has 5 heterocycles. The average molecular weight is 331 g/mol. The first-order chi connectivity index (χ1) is 11.5. The summed E-state index contributed by atoms with van der Waals surface area (Å²) >= 11 is 0. The van der Waals surface area contributed by atoms with Gasteiger partial charge in [0, 0.05) is 19.7 Å². The Morgan fingerprint density at radius 3 is 2.71 bits per heavy atom. The van der Waals surface area contributed by atoms with Crippen molar-refractivity contribution < 1.29 is 9.48 Å². The summed E-state index contributed by atoms with van der Waals surface area (Å²) in [5, 5.41) is 12.7. The number of hydrogen-bond acceptors (Lipinski definition) is 5. The van der Waals surface area contributed by atoms with Crippen molar-refractivity contribution in [3.8, 4) is 0 Å². The molecule has 1 saturated carbocycles. The van der Waals surface area contributed by atoms with Crippen LogP contribution in [0.4, 0.5) is 0 Å². The van der Waals surface area contributed by atoms with Crippen LogP contribution in [-0.2, 0) is 11.8 Å². The van der Waals surface area contributed by atoms with Crippen molar-refractivity contribution >= 4 is 12.4 Å². The van der Waals surface area contributed by atoms with Crippen LogP contribution in [0, 0.1) is 16.0 Å². The Hall–Kier alpha value is -2.16. The van der Waals surface area contributed by atoms with Gasteiger partial charge in [0.05, 0.1) is 24.7 Å². The fourth-order valence-corrected chi connectivity index (χ4v) is 6.32. The summed E-state index contributed by atoms with van der Waals surface area (Å²) in [6, 6.07) is -0.962. The summed E-state index contributed by atoms with van der Waals surface area (Å²) in [6.07, 6.45) is 4.94. The maximum Gasteiger partial charge on any atom is 0.347 e. The zero-order chi connectivity index (χ0) is 16.4. The van der Waals surface area contributed by atoms with Crippen molar-refractivity contribution in [2.24, 2.45) is 22.9 Å². The van der Waals surface area contributed by atoms with E-state index in [1.807, 2.05) is 6.21 Å². The number of fused-ring (bicyclic) bond motifs is 3. The number of rotatable bonds is 0. The zero-order valence-electron chi connectivity index (χ0n) is 13.2. The lowest BCUT2D eigenvalue weighted by molar-refractivity contribution is -0.514. The summed E-state index contributed by atoms with van der Waals surface area (Å²) in [5.74, 6) is 0. The van der Waals surface area contributed by atoms with Gasteiger partial charge in [-0.25, -0.2) is 28.3 Å². The standard InChI is InChI=1S/C15H17N5O4/c1-17-12(21)19-10-4-16-8-2-3-9-15(7-24-6-14(8,10)15)11(5-18(9)23)20(19)13(17)22/h4-5,8-11H,2-3,6-7H2,1H3/t8-,9+,10-,11+,14?,15?/m1/s1. The lowest BCUT2D eigenvalue weighted by Crippen LogP contribution is -2.67. The van der Waals surface area contributed by atoms with Crippen molar-refractivity contribution in [1.82, 2.24) is 13.9 Å². The van der Waals surface area contributed by atoms with Crippen LogP contribution in [0.25, 0.3) is 0 Å². The highest BCUT2D eigenvalue weighted by Crippen LogP contribution is 2.69. The Labute approximate surface area is 136 Å². The van der Waals surface area contributed by atoms with Gasteiger partial charge in [0.1, 0.15) is 17.5 Å². The molecule has 2 fully saturated rings. The van der Waals surface area contributed by atoms with E-state index in [4.69, 9.17) is 9.73 Å². The van der Waals surface area contributed by atoms with Crippen LogP contribution in [-0.4, -0.2) is 56.4 Å². The molecule has 0 N–H and O–H groups in total. The third-order valence-electron chi connectivity index (χ3n) is 7.23. The molecular weight excluding hydrogens is 314 g/mol. The van der Waals surface area contributed by atoms with Gasteiger partial charge >= 0.3 is 11.4 Å². The minimum Gasteiger partial charge on any atom is -0.624 e. The first kappa shape index (κ1) is 13.2. The van der Waals surface area contributed by atoms with Crippen LogP contribution in [0.1, 0.15) is 24.9 Å². The molecular formula is C15H17N5O4. The fourth-order valence-electron chi connectivity index (χ4n) is 6.32. The lowest BCUT2D eigenvalue weighted by Gasteiger charge is -2.54. The lowest BCUT2D eigenvalue weighted by atomic mass is 9.49. The third kappa shape index (κ3) is 0.978. The van der Waals surface area contributed by atoms with Gasteiger partial charge in [0.2, 0.25) is 0 Å². The van der Waals surface area contributed by atoms with E-state index in [9.17, 15) is 14.8 Å². The van der Waals surface area contributed by atoms with Gasteiger partial charge in [0.15, 0.2) is 12.3 Å². The van der Waals surface area contributed by atoms with E-state index < -0.39 is 16.9 Å². The molecule has 6 atom stereocenters. The van der Waals surface area contributed by atoms with E-state index >= 15 is 0 Å². The largest absolute Gasteiger partial charge is 0.624 e. The van der Waals surface area contributed by atoms with Crippen LogP contribution < -0.4 is 11.4 Å². The molecule has 6 rings (SSSR count). The molecule has 0 amide bonds. The third-order valence-corrected chi connectivity index (χ3v) is 7.23. The highest BCUT2D eigenvalue weighted by molar-refractivity contribution is 5.72. The summed E-state index contributed by atoms with van der Waals surface area (Å²) in [7, 11) is 1.49. The predicted octanol–water partition coefficient (Wildman–Crippen LogP) is -1.34. The summed E-state index contributed by atoms with van der Waals surface area (Å²) in [5.41, 5.74) is -1.64. The summed E-state index contributed by atoms with van der Waals surface area (Å²) < 4.78 is 11.1. The molecule has 2 spiro atoms. The van der Waals surface area contributed by atoms with Gasteiger partial charge in [-0.05, 0) is 6.42 Å². The molecule has 1 aliphatic carbocycles. The highest BCUT2D eigenvalue weighted by Gasteiger charge is 2.80. The van der Waals surface area contributed by atoms with Gasteiger partial charge < -0.3 is 9.94 Å². The number of hydrogen-bond donors (Lipinski definition) is 0. The van der Waals surface area contributed by atoms with E-state index in [2.05, 4.69) is 0 Å². The number of aromatic nitrogens is 3. The van der Waals surface area contributed by atoms with Crippen LogP contribution in [0.3, 0.4) is 0 Å². The van der Waals surface area contributed by atoms with Crippen LogP contribution >= 0.6 is 0 Å². The first-order valence-corrected chi connectivity index (χ1v) is 8.35.